The van der Waals surface area contributed by atoms with Crippen molar-refractivity contribution in [1.82, 2.24) is 24.9 Å². The summed E-state index contributed by atoms with van der Waals surface area (Å²) in [4.78, 5) is 0. The van der Waals surface area contributed by atoms with Gasteiger partial charge in [0, 0.05) is 19.8 Å². The lowest BCUT2D eigenvalue weighted by Gasteiger charge is -2.10. The molecule has 0 unspecified atom stereocenters. The largest absolute Gasteiger partial charge is 0.357 e. The molecule has 0 radical (unpaired) electrons. The van der Waals surface area contributed by atoms with Gasteiger partial charge in [0.15, 0.2) is 5.11 Å². The first kappa shape index (κ1) is 13.5. The monoisotopic (exact) mass is 278 g/mol. The molecular weight excluding hydrogens is 260 g/mol. The molecule has 7 heteroatoms. The van der Waals surface area contributed by atoms with Gasteiger partial charge in [-0.3, -0.25) is 9.36 Å². The Morgan fingerprint density at radius 3 is 2.84 bits per heavy atom. The van der Waals surface area contributed by atoms with Crippen molar-refractivity contribution in [3.8, 4) is 0 Å². The fourth-order valence-electron chi connectivity index (χ4n) is 1.75. The van der Waals surface area contributed by atoms with Crippen molar-refractivity contribution in [2.24, 2.45) is 7.05 Å². The lowest BCUT2D eigenvalue weighted by molar-refractivity contribution is 0.614. The molecule has 0 aromatic carbocycles. The molecule has 0 amide bonds. The van der Waals surface area contributed by atoms with E-state index in [1.165, 1.54) is 0 Å². The lowest BCUT2D eigenvalue weighted by atomic mass is 10.4. The Morgan fingerprint density at radius 2 is 2.21 bits per heavy atom. The lowest BCUT2D eigenvalue weighted by Crippen LogP contribution is -2.29. The van der Waals surface area contributed by atoms with Crippen LogP contribution in [0.4, 0.5) is 5.69 Å². The van der Waals surface area contributed by atoms with E-state index in [0.29, 0.717) is 11.7 Å². The fourth-order valence-corrected chi connectivity index (χ4v) is 1.94. The standard InChI is InChI=1S/C12H18N6S/c1-4-18-10(5-6-14-18)7-13-12(19)16-11-8-15-17(3)9(11)2/h5-6,8H,4,7H2,1-3H3,(H2,13,16,19). The molecule has 2 heterocycles. The predicted molar refractivity (Wildman–Crippen MR) is 78.9 cm³/mol. The van der Waals surface area contributed by atoms with Gasteiger partial charge in [0.1, 0.15) is 0 Å². The third-order valence-corrected chi connectivity index (χ3v) is 3.26. The Morgan fingerprint density at radius 1 is 1.42 bits per heavy atom. The van der Waals surface area contributed by atoms with Gasteiger partial charge in [-0.15, -0.1) is 0 Å². The zero-order chi connectivity index (χ0) is 13.8. The smallest absolute Gasteiger partial charge is 0.171 e. The average molecular weight is 278 g/mol. The van der Waals surface area contributed by atoms with Crippen molar-refractivity contribution >= 4 is 23.0 Å². The van der Waals surface area contributed by atoms with Crippen LogP contribution in [0.25, 0.3) is 0 Å². The Kier molecular flexibility index (Phi) is 4.16. The maximum Gasteiger partial charge on any atom is 0.171 e. The maximum atomic E-state index is 5.27. The van der Waals surface area contributed by atoms with E-state index < -0.39 is 0 Å². The van der Waals surface area contributed by atoms with Crippen LogP contribution in [0.15, 0.2) is 18.5 Å². The number of thiocarbonyl (C=S) groups is 1. The van der Waals surface area contributed by atoms with Crippen LogP contribution in [0, 0.1) is 6.92 Å². The molecule has 0 aliphatic heterocycles. The molecule has 0 atom stereocenters. The maximum absolute atomic E-state index is 5.27. The molecular formula is C12H18N6S. The molecule has 0 aliphatic carbocycles. The summed E-state index contributed by atoms with van der Waals surface area (Å²) in [7, 11) is 1.90. The summed E-state index contributed by atoms with van der Waals surface area (Å²) in [6.45, 7) is 5.56. The number of nitrogens with one attached hydrogen (secondary N) is 2. The first-order valence-electron chi connectivity index (χ1n) is 6.16. The second-order valence-electron chi connectivity index (χ2n) is 4.21. The van der Waals surface area contributed by atoms with Crippen molar-refractivity contribution in [3.63, 3.8) is 0 Å². The zero-order valence-electron chi connectivity index (χ0n) is 11.3. The predicted octanol–water partition coefficient (Wildman–Crippen LogP) is 1.43. The second kappa shape index (κ2) is 5.83. The first-order chi connectivity index (χ1) is 9.11. The number of aryl methyl sites for hydroxylation is 2. The van der Waals surface area contributed by atoms with E-state index in [-0.39, 0.29) is 0 Å². The van der Waals surface area contributed by atoms with Gasteiger partial charge >= 0.3 is 0 Å². The van der Waals surface area contributed by atoms with Gasteiger partial charge in [-0.25, -0.2) is 0 Å². The quantitative estimate of drug-likeness (QED) is 0.829. The van der Waals surface area contributed by atoms with E-state index in [1.807, 2.05) is 24.7 Å². The van der Waals surface area contributed by atoms with E-state index in [9.17, 15) is 0 Å². The summed E-state index contributed by atoms with van der Waals surface area (Å²) in [5, 5.41) is 15.3. The Hall–Kier alpha value is -1.89. The molecule has 0 bridgehead atoms. The van der Waals surface area contributed by atoms with Crippen LogP contribution in [0.1, 0.15) is 18.3 Å². The molecule has 6 nitrogen and oxygen atoms in total. The molecule has 2 aromatic heterocycles. The van der Waals surface area contributed by atoms with Crippen LogP contribution in [-0.4, -0.2) is 24.7 Å². The molecule has 2 N–H and O–H groups in total. The number of anilines is 1. The summed E-state index contributed by atoms with van der Waals surface area (Å²) in [6, 6.07) is 1.98. The highest BCUT2D eigenvalue weighted by atomic mass is 32.1. The van der Waals surface area contributed by atoms with Gasteiger partial charge in [0.05, 0.1) is 29.8 Å². The molecule has 0 fully saturated rings. The highest BCUT2D eigenvalue weighted by Crippen LogP contribution is 2.11. The molecule has 0 saturated heterocycles. The van der Waals surface area contributed by atoms with E-state index in [2.05, 4.69) is 27.8 Å². The minimum Gasteiger partial charge on any atom is -0.357 e. The summed E-state index contributed by atoms with van der Waals surface area (Å²) in [6.07, 6.45) is 3.56. The van der Waals surface area contributed by atoms with Crippen LogP contribution >= 0.6 is 12.2 Å². The zero-order valence-corrected chi connectivity index (χ0v) is 12.2. The molecule has 2 rings (SSSR count). The molecule has 0 spiro atoms. The van der Waals surface area contributed by atoms with Gasteiger partial charge in [0.25, 0.3) is 0 Å². The van der Waals surface area contributed by atoms with Crippen LogP contribution in [-0.2, 0) is 20.1 Å². The fraction of sp³-hybridized carbons (Fsp3) is 0.417. The van der Waals surface area contributed by atoms with Crippen molar-refractivity contribution in [2.75, 3.05) is 5.32 Å². The number of hydrogen-bond acceptors (Lipinski definition) is 3. The van der Waals surface area contributed by atoms with E-state index in [4.69, 9.17) is 12.2 Å². The summed E-state index contributed by atoms with van der Waals surface area (Å²) in [5.74, 6) is 0. The van der Waals surface area contributed by atoms with E-state index >= 15 is 0 Å². The van der Waals surface area contributed by atoms with Crippen molar-refractivity contribution in [1.29, 1.82) is 0 Å². The number of rotatable bonds is 4. The molecule has 102 valence electrons. The van der Waals surface area contributed by atoms with Crippen LogP contribution in [0.2, 0.25) is 0 Å². The van der Waals surface area contributed by atoms with Crippen LogP contribution in [0.3, 0.4) is 0 Å². The summed E-state index contributed by atoms with van der Waals surface area (Å²) in [5.41, 5.74) is 3.07. The van der Waals surface area contributed by atoms with Gasteiger partial charge in [-0.05, 0) is 32.1 Å². The Bertz CT molecular complexity index is 571. The minimum absolute atomic E-state index is 0.583. The number of hydrogen-bond donors (Lipinski definition) is 2. The highest BCUT2D eigenvalue weighted by molar-refractivity contribution is 7.80. The summed E-state index contributed by atoms with van der Waals surface area (Å²) >= 11 is 5.27. The Labute approximate surface area is 117 Å². The van der Waals surface area contributed by atoms with E-state index in [1.54, 1.807) is 17.1 Å². The molecule has 19 heavy (non-hydrogen) atoms. The third-order valence-electron chi connectivity index (χ3n) is 3.02. The van der Waals surface area contributed by atoms with Crippen LogP contribution in [0.5, 0.6) is 0 Å². The second-order valence-corrected chi connectivity index (χ2v) is 4.62. The van der Waals surface area contributed by atoms with Gasteiger partial charge in [-0.1, -0.05) is 0 Å². The highest BCUT2D eigenvalue weighted by Gasteiger charge is 2.06. The SMILES string of the molecule is CCn1nccc1CNC(=S)Nc1cnn(C)c1C. The van der Waals surface area contributed by atoms with Crippen molar-refractivity contribution in [3.05, 3.63) is 29.8 Å². The van der Waals surface area contributed by atoms with Crippen molar-refractivity contribution < 1.29 is 0 Å². The summed E-state index contributed by atoms with van der Waals surface area (Å²) < 4.78 is 3.74. The Balaban J connectivity index is 1.90. The molecule has 0 saturated carbocycles. The number of aromatic nitrogens is 4. The molecule has 2 aromatic rings. The third kappa shape index (κ3) is 3.11. The van der Waals surface area contributed by atoms with Gasteiger partial charge in [0.2, 0.25) is 0 Å². The van der Waals surface area contributed by atoms with Crippen LogP contribution < -0.4 is 10.6 Å². The van der Waals surface area contributed by atoms with Crippen molar-refractivity contribution in [2.45, 2.75) is 26.9 Å². The van der Waals surface area contributed by atoms with Gasteiger partial charge < -0.3 is 10.6 Å². The average Bonchev–Trinajstić information content (AvgIpc) is 2.98. The minimum atomic E-state index is 0.583. The van der Waals surface area contributed by atoms with E-state index in [0.717, 1.165) is 23.6 Å². The first-order valence-corrected chi connectivity index (χ1v) is 6.56. The normalized spacial score (nSPS) is 10.5. The molecule has 0 aliphatic rings. The number of nitrogens with zero attached hydrogens (tertiary/aromatic N) is 4. The topological polar surface area (TPSA) is 59.7 Å². The van der Waals surface area contributed by atoms with Gasteiger partial charge in [-0.2, -0.15) is 10.2 Å².